The van der Waals surface area contributed by atoms with Crippen LogP contribution in [0.5, 0.6) is 11.5 Å². The Balaban J connectivity index is 1.89. The Morgan fingerprint density at radius 1 is 1.39 bits per heavy atom. The van der Waals surface area contributed by atoms with Crippen molar-refractivity contribution in [1.82, 2.24) is 4.90 Å². The molecule has 0 radical (unpaired) electrons. The maximum absolute atomic E-state index is 10.0. The molecule has 96 valence electrons. The van der Waals surface area contributed by atoms with E-state index in [1.54, 1.807) is 6.07 Å². The van der Waals surface area contributed by atoms with E-state index >= 15 is 0 Å². The second-order valence-corrected chi connectivity index (χ2v) is 6.04. The summed E-state index contributed by atoms with van der Waals surface area (Å²) in [5.74, 6) is 1.06. The van der Waals surface area contributed by atoms with Gasteiger partial charge in [0.2, 0.25) is 0 Å². The van der Waals surface area contributed by atoms with Crippen molar-refractivity contribution in [3.63, 3.8) is 0 Å². The summed E-state index contributed by atoms with van der Waals surface area (Å²) in [6, 6.07) is 6.36. The van der Waals surface area contributed by atoms with Gasteiger partial charge in [0.1, 0.15) is 6.10 Å². The van der Waals surface area contributed by atoms with Gasteiger partial charge in [0.15, 0.2) is 11.5 Å². The Kier molecular flexibility index (Phi) is 2.03. The van der Waals surface area contributed by atoms with E-state index in [-0.39, 0.29) is 11.5 Å². The maximum Gasteiger partial charge on any atom is 0.165 e. The number of para-hydroxylation sites is 1. The van der Waals surface area contributed by atoms with Gasteiger partial charge in [0, 0.05) is 17.0 Å². The van der Waals surface area contributed by atoms with Crippen molar-refractivity contribution >= 4 is 0 Å². The zero-order valence-electron chi connectivity index (χ0n) is 10.7. The van der Waals surface area contributed by atoms with Crippen LogP contribution in [0.3, 0.4) is 0 Å². The molecule has 0 aromatic heterocycles. The van der Waals surface area contributed by atoms with Crippen LogP contribution < -0.4 is 4.74 Å². The van der Waals surface area contributed by atoms with Gasteiger partial charge in [-0.2, -0.15) is 0 Å². The minimum atomic E-state index is 0.170. The zero-order valence-corrected chi connectivity index (χ0v) is 10.7. The predicted octanol–water partition coefficient (Wildman–Crippen LogP) is 2.28. The van der Waals surface area contributed by atoms with Crippen LogP contribution in [0.15, 0.2) is 18.2 Å². The molecule has 1 aliphatic carbocycles. The Hall–Kier alpha value is -1.22. The van der Waals surface area contributed by atoms with Gasteiger partial charge in [0.05, 0.1) is 0 Å². The summed E-state index contributed by atoms with van der Waals surface area (Å²) >= 11 is 0. The number of hydrogen-bond acceptors (Lipinski definition) is 3. The van der Waals surface area contributed by atoms with Crippen LogP contribution in [-0.2, 0) is 5.41 Å². The van der Waals surface area contributed by atoms with E-state index in [1.165, 1.54) is 24.8 Å². The maximum atomic E-state index is 10.0. The first-order valence-corrected chi connectivity index (χ1v) is 6.92. The molecule has 1 unspecified atom stereocenters. The average Bonchev–Trinajstić information content (AvgIpc) is 2.72. The number of ether oxygens (including phenoxy) is 1. The highest BCUT2D eigenvalue weighted by Crippen LogP contribution is 2.57. The molecule has 1 saturated heterocycles. The van der Waals surface area contributed by atoms with Crippen LogP contribution in [0, 0.1) is 0 Å². The molecule has 18 heavy (non-hydrogen) atoms. The number of rotatable bonds is 0. The third-order valence-corrected chi connectivity index (χ3v) is 5.27. The molecule has 0 amide bonds. The summed E-state index contributed by atoms with van der Waals surface area (Å²) < 4.78 is 6.18. The fourth-order valence-electron chi connectivity index (χ4n) is 4.33. The quantitative estimate of drug-likeness (QED) is 0.761. The van der Waals surface area contributed by atoms with Gasteiger partial charge in [-0.1, -0.05) is 18.6 Å². The van der Waals surface area contributed by atoms with E-state index in [0.29, 0.717) is 11.8 Å². The minimum absolute atomic E-state index is 0.170. The SMILES string of the molecule is CN1CC[C@]23CCCC1[C@@H]2Oc1c(O)cccc13. The lowest BCUT2D eigenvalue weighted by Crippen LogP contribution is -2.60. The first kappa shape index (κ1) is 10.7. The number of likely N-dealkylation sites (N-methyl/N-ethyl adjacent to an activating group) is 1. The van der Waals surface area contributed by atoms with Crippen molar-refractivity contribution in [2.45, 2.75) is 43.2 Å². The summed E-state index contributed by atoms with van der Waals surface area (Å²) in [6.45, 7) is 1.14. The number of fused-ring (bicyclic) bond motifs is 1. The number of benzene rings is 1. The molecule has 0 spiro atoms. The first-order chi connectivity index (χ1) is 8.72. The van der Waals surface area contributed by atoms with Crippen molar-refractivity contribution in [3.8, 4) is 11.5 Å². The number of aromatic hydroxyl groups is 1. The van der Waals surface area contributed by atoms with Crippen LogP contribution in [0.25, 0.3) is 0 Å². The van der Waals surface area contributed by atoms with E-state index < -0.39 is 0 Å². The van der Waals surface area contributed by atoms with Crippen LogP contribution in [0.1, 0.15) is 31.2 Å². The molecule has 3 atom stereocenters. The fraction of sp³-hybridized carbons (Fsp3) is 0.600. The number of likely N-dealkylation sites (tertiary alicyclic amines) is 1. The number of phenols is 1. The van der Waals surface area contributed by atoms with Gasteiger partial charge in [-0.25, -0.2) is 0 Å². The summed E-state index contributed by atoms with van der Waals surface area (Å²) in [7, 11) is 2.20. The molecule has 2 heterocycles. The summed E-state index contributed by atoms with van der Waals surface area (Å²) in [6.07, 6.45) is 5.09. The Labute approximate surface area is 107 Å². The smallest absolute Gasteiger partial charge is 0.165 e. The highest BCUT2D eigenvalue weighted by atomic mass is 16.5. The number of phenolic OH excluding ortho intramolecular Hbond substituents is 1. The molecule has 2 fully saturated rings. The van der Waals surface area contributed by atoms with E-state index in [4.69, 9.17) is 4.74 Å². The zero-order chi connectivity index (χ0) is 12.3. The molecule has 2 bridgehead atoms. The van der Waals surface area contributed by atoms with Crippen molar-refractivity contribution in [2.24, 2.45) is 0 Å². The largest absolute Gasteiger partial charge is 0.504 e. The highest BCUT2D eigenvalue weighted by Gasteiger charge is 2.57. The lowest BCUT2D eigenvalue weighted by Gasteiger charge is -2.51. The predicted molar refractivity (Wildman–Crippen MR) is 69.1 cm³/mol. The Morgan fingerprint density at radius 3 is 3.17 bits per heavy atom. The van der Waals surface area contributed by atoms with Crippen molar-refractivity contribution < 1.29 is 9.84 Å². The lowest BCUT2D eigenvalue weighted by molar-refractivity contribution is -0.0308. The van der Waals surface area contributed by atoms with Gasteiger partial charge in [-0.05, 0) is 38.9 Å². The third-order valence-electron chi connectivity index (χ3n) is 5.27. The van der Waals surface area contributed by atoms with Crippen LogP contribution in [0.2, 0.25) is 0 Å². The van der Waals surface area contributed by atoms with E-state index in [9.17, 15) is 5.11 Å². The second kappa shape index (κ2) is 3.41. The Bertz CT molecular complexity index is 501. The Morgan fingerprint density at radius 2 is 2.28 bits per heavy atom. The van der Waals surface area contributed by atoms with Crippen molar-refractivity contribution in [1.29, 1.82) is 0 Å². The topological polar surface area (TPSA) is 32.7 Å². The normalized spacial score (nSPS) is 37.8. The standard InChI is InChI=1S/C15H19NO2/c1-16-9-8-15-7-3-5-11(16)14(15)18-13-10(15)4-2-6-12(13)17/h2,4,6,11,14,17H,3,5,7-9H2,1H3/t11?,14-,15-/m0/s1. The molecule has 3 heteroatoms. The van der Waals surface area contributed by atoms with E-state index in [1.807, 2.05) is 6.07 Å². The summed E-state index contributed by atoms with van der Waals surface area (Å²) in [4.78, 5) is 2.44. The molecular formula is C15H19NO2. The highest BCUT2D eigenvalue weighted by molar-refractivity contribution is 5.54. The van der Waals surface area contributed by atoms with Gasteiger partial charge in [-0.15, -0.1) is 0 Å². The summed E-state index contributed by atoms with van der Waals surface area (Å²) in [5, 5.41) is 10.0. The number of hydrogen-bond donors (Lipinski definition) is 1. The van der Waals surface area contributed by atoms with Gasteiger partial charge in [0.25, 0.3) is 0 Å². The van der Waals surface area contributed by atoms with Gasteiger partial charge >= 0.3 is 0 Å². The van der Waals surface area contributed by atoms with Crippen molar-refractivity contribution in [3.05, 3.63) is 23.8 Å². The monoisotopic (exact) mass is 245 g/mol. The van der Waals surface area contributed by atoms with Crippen LogP contribution in [-0.4, -0.2) is 35.7 Å². The van der Waals surface area contributed by atoms with Gasteiger partial charge < -0.3 is 9.84 Å². The molecule has 1 N–H and O–H groups in total. The van der Waals surface area contributed by atoms with Crippen molar-refractivity contribution in [2.75, 3.05) is 13.6 Å². The minimum Gasteiger partial charge on any atom is -0.504 e. The van der Waals surface area contributed by atoms with E-state index in [0.717, 1.165) is 18.7 Å². The molecule has 3 aliphatic rings. The summed E-state index contributed by atoms with van der Waals surface area (Å²) in [5.41, 5.74) is 1.43. The molecule has 1 saturated carbocycles. The molecule has 1 aromatic rings. The molecular weight excluding hydrogens is 226 g/mol. The number of nitrogens with zero attached hydrogens (tertiary/aromatic N) is 1. The molecule has 4 rings (SSSR count). The van der Waals surface area contributed by atoms with Crippen LogP contribution >= 0.6 is 0 Å². The van der Waals surface area contributed by atoms with Crippen LogP contribution in [0.4, 0.5) is 0 Å². The first-order valence-electron chi connectivity index (χ1n) is 6.92. The molecule has 1 aromatic carbocycles. The number of piperidine rings is 1. The molecule has 3 nitrogen and oxygen atoms in total. The van der Waals surface area contributed by atoms with E-state index in [2.05, 4.69) is 18.0 Å². The third kappa shape index (κ3) is 1.13. The molecule has 2 aliphatic heterocycles. The average molecular weight is 245 g/mol. The van der Waals surface area contributed by atoms with Gasteiger partial charge in [-0.3, -0.25) is 4.90 Å². The second-order valence-electron chi connectivity index (χ2n) is 6.04. The lowest BCUT2D eigenvalue weighted by atomic mass is 9.62. The fourth-order valence-corrected chi connectivity index (χ4v) is 4.33.